The summed E-state index contributed by atoms with van der Waals surface area (Å²) in [7, 11) is 0. The number of benzene rings is 1. The van der Waals surface area contributed by atoms with Crippen LogP contribution in [-0.2, 0) is 6.42 Å². The maximum Gasteiger partial charge on any atom is 0.0399 e. The SMILES string of the molecule is CC.CC.NCCCN1CCc2ccccc21. The molecule has 0 fully saturated rings. The lowest BCUT2D eigenvalue weighted by atomic mass is 10.2. The summed E-state index contributed by atoms with van der Waals surface area (Å²) in [5.41, 5.74) is 8.40. The minimum atomic E-state index is 0.790. The lowest BCUT2D eigenvalue weighted by molar-refractivity contribution is 0.759. The molecule has 1 aromatic carbocycles. The molecule has 1 aliphatic rings. The van der Waals surface area contributed by atoms with Gasteiger partial charge in [-0.2, -0.15) is 0 Å². The smallest absolute Gasteiger partial charge is 0.0399 e. The van der Waals surface area contributed by atoms with E-state index in [0.717, 1.165) is 19.5 Å². The Kier molecular flexibility index (Phi) is 9.55. The molecule has 0 saturated heterocycles. The van der Waals surface area contributed by atoms with Crippen molar-refractivity contribution in [3.8, 4) is 0 Å². The molecule has 98 valence electrons. The van der Waals surface area contributed by atoms with Crippen molar-refractivity contribution in [2.75, 3.05) is 24.5 Å². The van der Waals surface area contributed by atoms with Crippen molar-refractivity contribution in [3.63, 3.8) is 0 Å². The second-order valence-electron chi connectivity index (χ2n) is 3.51. The molecule has 2 N–H and O–H groups in total. The molecule has 2 rings (SSSR count). The van der Waals surface area contributed by atoms with E-state index in [2.05, 4.69) is 29.2 Å². The zero-order valence-electron chi connectivity index (χ0n) is 11.9. The maximum atomic E-state index is 5.50. The Morgan fingerprint density at radius 1 is 1.12 bits per heavy atom. The Morgan fingerprint density at radius 2 is 1.76 bits per heavy atom. The Bertz CT molecular complexity index is 284. The molecule has 1 aliphatic heterocycles. The normalized spacial score (nSPS) is 11.9. The van der Waals surface area contributed by atoms with Gasteiger partial charge in [-0.3, -0.25) is 0 Å². The lowest BCUT2D eigenvalue weighted by Crippen LogP contribution is -2.23. The van der Waals surface area contributed by atoms with E-state index in [9.17, 15) is 0 Å². The van der Waals surface area contributed by atoms with Crippen LogP contribution in [0.1, 0.15) is 39.7 Å². The van der Waals surface area contributed by atoms with E-state index in [1.54, 1.807) is 0 Å². The molecule has 2 heteroatoms. The number of hydrogen-bond donors (Lipinski definition) is 1. The molecule has 0 atom stereocenters. The summed E-state index contributed by atoms with van der Waals surface area (Å²) in [6.45, 7) is 11.1. The van der Waals surface area contributed by atoms with Gasteiger partial charge in [0.1, 0.15) is 0 Å². The third-order valence-corrected chi connectivity index (χ3v) is 2.62. The van der Waals surface area contributed by atoms with E-state index in [1.165, 1.54) is 24.2 Å². The number of fused-ring (bicyclic) bond motifs is 1. The highest BCUT2D eigenvalue weighted by Crippen LogP contribution is 2.26. The lowest BCUT2D eigenvalue weighted by Gasteiger charge is -2.18. The molecule has 0 saturated carbocycles. The van der Waals surface area contributed by atoms with Crippen molar-refractivity contribution < 1.29 is 0 Å². The summed E-state index contributed by atoms with van der Waals surface area (Å²) in [6, 6.07) is 8.65. The largest absolute Gasteiger partial charge is 0.371 e. The third-order valence-electron chi connectivity index (χ3n) is 2.62. The molecule has 1 heterocycles. The van der Waals surface area contributed by atoms with Crippen molar-refractivity contribution >= 4 is 5.69 Å². The highest BCUT2D eigenvalue weighted by Gasteiger charge is 2.16. The molecular formula is C15H28N2. The zero-order valence-corrected chi connectivity index (χ0v) is 11.9. The van der Waals surface area contributed by atoms with Crippen molar-refractivity contribution in [1.29, 1.82) is 0 Å². The third kappa shape index (κ3) is 4.78. The predicted octanol–water partition coefficient (Wildman–Crippen LogP) is 3.45. The quantitative estimate of drug-likeness (QED) is 0.871. The molecule has 17 heavy (non-hydrogen) atoms. The number of nitrogens with zero attached hydrogens (tertiary/aromatic N) is 1. The minimum Gasteiger partial charge on any atom is -0.371 e. The standard InChI is InChI=1S/C11H16N2.2C2H6/c12-7-3-8-13-9-6-10-4-1-2-5-11(10)13;2*1-2/h1-2,4-5H,3,6-9,12H2;2*1-2H3. The molecule has 2 nitrogen and oxygen atoms in total. The molecule has 1 aromatic rings. The highest BCUT2D eigenvalue weighted by molar-refractivity contribution is 5.57. The molecule has 0 aromatic heterocycles. The van der Waals surface area contributed by atoms with Crippen LogP contribution in [0.25, 0.3) is 0 Å². The van der Waals surface area contributed by atoms with Crippen LogP contribution in [0.15, 0.2) is 24.3 Å². The minimum absolute atomic E-state index is 0.790. The van der Waals surface area contributed by atoms with Crippen molar-refractivity contribution in [2.45, 2.75) is 40.5 Å². The summed E-state index contributed by atoms with van der Waals surface area (Å²) >= 11 is 0. The number of para-hydroxylation sites is 1. The zero-order chi connectivity index (χ0) is 13.1. The van der Waals surface area contributed by atoms with Gasteiger partial charge in [-0.05, 0) is 31.0 Å². The van der Waals surface area contributed by atoms with E-state index in [4.69, 9.17) is 5.73 Å². The van der Waals surface area contributed by atoms with Gasteiger partial charge in [0.25, 0.3) is 0 Å². The van der Waals surface area contributed by atoms with Gasteiger partial charge in [0.2, 0.25) is 0 Å². The summed E-state index contributed by atoms with van der Waals surface area (Å²) in [4.78, 5) is 2.43. The topological polar surface area (TPSA) is 29.3 Å². The first kappa shape index (κ1) is 16.0. The first-order valence-electron chi connectivity index (χ1n) is 6.95. The molecule has 0 unspecified atom stereocenters. The van der Waals surface area contributed by atoms with Crippen LogP contribution in [0.4, 0.5) is 5.69 Å². The number of nitrogens with two attached hydrogens (primary N) is 1. The van der Waals surface area contributed by atoms with Gasteiger partial charge >= 0.3 is 0 Å². The van der Waals surface area contributed by atoms with Crippen molar-refractivity contribution in [3.05, 3.63) is 29.8 Å². The molecule has 0 spiro atoms. The number of anilines is 1. The summed E-state index contributed by atoms with van der Waals surface area (Å²) in [6.07, 6.45) is 2.29. The maximum absolute atomic E-state index is 5.50. The van der Waals surface area contributed by atoms with Gasteiger partial charge in [-0.15, -0.1) is 0 Å². The van der Waals surface area contributed by atoms with Crippen molar-refractivity contribution in [2.24, 2.45) is 5.73 Å². The average Bonchev–Trinajstić information content (AvgIpc) is 2.84. The fraction of sp³-hybridized carbons (Fsp3) is 0.600. The van der Waals surface area contributed by atoms with Crippen LogP contribution >= 0.6 is 0 Å². The molecule has 0 aliphatic carbocycles. The summed E-state index contributed by atoms with van der Waals surface area (Å²) < 4.78 is 0. The van der Waals surface area contributed by atoms with E-state index >= 15 is 0 Å². The van der Waals surface area contributed by atoms with E-state index in [1.807, 2.05) is 27.7 Å². The summed E-state index contributed by atoms with van der Waals surface area (Å²) in [5, 5.41) is 0. The van der Waals surface area contributed by atoms with Crippen LogP contribution in [0.3, 0.4) is 0 Å². The molecule has 0 radical (unpaired) electrons. The van der Waals surface area contributed by atoms with Gasteiger partial charge in [-0.25, -0.2) is 0 Å². The monoisotopic (exact) mass is 236 g/mol. The number of hydrogen-bond acceptors (Lipinski definition) is 2. The molecule has 0 amide bonds. The van der Waals surface area contributed by atoms with E-state index < -0.39 is 0 Å². The average molecular weight is 236 g/mol. The van der Waals surface area contributed by atoms with Crippen LogP contribution in [0.5, 0.6) is 0 Å². The van der Waals surface area contributed by atoms with Crippen LogP contribution in [-0.4, -0.2) is 19.6 Å². The fourth-order valence-electron chi connectivity index (χ4n) is 1.92. The first-order valence-corrected chi connectivity index (χ1v) is 6.95. The van der Waals surface area contributed by atoms with Gasteiger partial charge in [-0.1, -0.05) is 45.9 Å². The van der Waals surface area contributed by atoms with E-state index in [0.29, 0.717) is 0 Å². The van der Waals surface area contributed by atoms with Crippen LogP contribution in [0, 0.1) is 0 Å². The summed E-state index contributed by atoms with van der Waals surface area (Å²) in [5.74, 6) is 0. The highest BCUT2D eigenvalue weighted by atomic mass is 15.1. The Morgan fingerprint density at radius 3 is 2.41 bits per heavy atom. The second kappa shape index (κ2) is 10.2. The molecule has 0 bridgehead atoms. The fourth-order valence-corrected chi connectivity index (χ4v) is 1.92. The van der Waals surface area contributed by atoms with Crippen LogP contribution < -0.4 is 10.6 Å². The Labute approximate surface area is 107 Å². The van der Waals surface area contributed by atoms with Crippen LogP contribution in [0.2, 0.25) is 0 Å². The van der Waals surface area contributed by atoms with Gasteiger partial charge in [0, 0.05) is 18.8 Å². The van der Waals surface area contributed by atoms with Gasteiger partial charge in [0.05, 0.1) is 0 Å². The first-order chi connectivity index (χ1) is 8.42. The van der Waals surface area contributed by atoms with Gasteiger partial charge in [0.15, 0.2) is 0 Å². The second-order valence-corrected chi connectivity index (χ2v) is 3.51. The molecular weight excluding hydrogens is 208 g/mol. The predicted molar refractivity (Wildman–Crippen MR) is 78.7 cm³/mol. The van der Waals surface area contributed by atoms with Crippen molar-refractivity contribution in [1.82, 2.24) is 0 Å². The van der Waals surface area contributed by atoms with E-state index in [-0.39, 0.29) is 0 Å². The van der Waals surface area contributed by atoms with Gasteiger partial charge < -0.3 is 10.6 Å². The number of rotatable bonds is 3. The Hall–Kier alpha value is -1.02. The Balaban J connectivity index is 0.000000581.